The van der Waals surface area contributed by atoms with Gasteiger partial charge in [0, 0.05) is 12.0 Å². The number of carbonyl (C=O) groups excluding carboxylic acids is 1. The van der Waals surface area contributed by atoms with Crippen LogP contribution < -0.4 is 11.5 Å². The van der Waals surface area contributed by atoms with Crippen LogP contribution in [-0.4, -0.2) is 17.0 Å². The van der Waals surface area contributed by atoms with E-state index in [0.717, 1.165) is 5.56 Å². The quantitative estimate of drug-likeness (QED) is 0.300. The van der Waals surface area contributed by atoms with Gasteiger partial charge in [-0.05, 0) is 5.56 Å². The molecule has 84 valence electrons. The number of carbonyl (C=O) groups is 1. The van der Waals surface area contributed by atoms with E-state index in [0.29, 0.717) is 5.56 Å². The van der Waals surface area contributed by atoms with E-state index in [1.807, 2.05) is 0 Å². The van der Waals surface area contributed by atoms with Gasteiger partial charge in [-0.1, -0.05) is 41.6 Å². The van der Waals surface area contributed by atoms with Crippen LogP contribution in [0.1, 0.15) is 17.5 Å². The van der Waals surface area contributed by atoms with Gasteiger partial charge in [-0.2, -0.15) is 0 Å². The molecule has 1 amide bonds. The molecule has 0 aliphatic carbocycles. The summed E-state index contributed by atoms with van der Waals surface area (Å²) in [6, 6.07) is 7.04. The van der Waals surface area contributed by atoms with Crippen LogP contribution in [0.4, 0.5) is 0 Å². The minimum Gasteiger partial charge on any atom is -0.409 e. The zero-order chi connectivity index (χ0) is 12.0. The summed E-state index contributed by atoms with van der Waals surface area (Å²) in [7, 11) is 0. The minimum absolute atomic E-state index is 0.0627. The molecule has 0 saturated carbocycles. The van der Waals surface area contributed by atoms with E-state index < -0.39 is 0 Å². The molecule has 5 nitrogen and oxygen atoms in total. The third-order valence-electron chi connectivity index (χ3n) is 1.94. The summed E-state index contributed by atoms with van der Waals surface area (Å²) < 4.78 is 0. The first-order valence-corrected chi connectivity index (χ1v) is 4.66. The van der Waals surface area contributed by atoms with Gasteiger partial charge in [0.05, 0.1) is 0 Å². The molecule has 0 aliphatic rings. The van der Waals surface area contributed by atoms with Gasteiger partial charge in [0.25, 0.3) is 0 Å². The predicted octanol–water partition coefficient (Wildman–Crippen LogP) is 0.670. The number of primary amides is 1. The molecule has 0 saturated heterocycles. The van der Waals surface area contributed by atoms with Crippen molar-refractivity contribution in [3.05, 3.63) is 41.5 Å². The fourth-order valence-corrected chi connectivity index (χ4v) is 1.13. The Bertz CT molecular complexity index is 421. The van der Waals surface area contributed by atoms with E-state index in [1.54, 1.807) is 36.4 Å². The van der Waals surface area contributed by atoms with Crippen LogP contribution in [0.25, 0.3) is 6.08 Å². The fourth-order valence-electron chi connectivity index (χ4n) is 1.13. The Morgan fingerprint density at radius 1 is 1.31 bits per heavy atom. The molecule has 0 radical (unpaired) electrons. The number of amidine groups is 1. The van der Waals surface area contributed by atoms with Crippen LogP contribution in [0, 0.1) is 0 Å². The number of nitrogens with zero attached hydrogens (tertiary/aromatic N) is 1. The lowest BCUT2D eigenvalue weighted by atomic mass is 10.1. The monoisotopic (exact) mass is 219 g/mol. The van der Waals surface area contributed by atoms with Crippen molar-refractivity contribution < 1.29 is 10.0 Å². The molecule has 0 aromatic heterocycles. The predicted molar refractivity (Wildman–Crippen MR) is 61.8 cm³/mol. The number of hydrogen-bond donors (Lipinski definition) is 3. The van der Waals surface area contributed by atoms with Crippen molar-refractivity contribution >= 4 is 17.8 Å². The van der Waals surface area contributed by atoms with Crippen molar-refractivity contribution in [2.24, 2.45) is 16.6 Å². The van der Waals surface area contributed by atoms with E-state index in [1.165, 1.54) is 0 Å². The second-order valence-corrected chi connectivity index (χ2v) is 3.18. The second kappa shape index (κ2) is 5.55. The van der Waals surface area contributed by atoms with Gasteiger partial charge in [0.2, 0.25) is 5.91 Å². The van der Waals surface area contributed by atoms with Crippen LogP contribution in [0.2, 0.25) is 0 Å². The summed E-state index contributed by atoms with van der Waals surface area (Å²) in [5, 5.41) is 11.3. The summed E-state index contributed by atoms with van der Waals surface area (Å²) in [4.78, 5) is 10.5. The van der Waals surface area contributed by atoms with Gasteiger partial charge in [0.15, 0.2) is 5.84 Å². The lowest BCUT2D eigenvalue weighted by molar-refractivity contribution is -0.117. The Labute approximate surface area is 93.1 Å². The number of amides is 1. The molecule has 5 N–H and O–H groups in total. The first-order valence-electron chi connectivity index (χ1n) is 4.66. The Morgan fingerprint density at radius 2 is 1.94 bits per heavy atom. The molecule has 1 aromatic carbocycles. The molecule has 0 heterocycles. The molecule has 16 heavy (non-hydrogen) atoms. The molecule has 0 unspecified atom stereocenters. The van der Waals surface area contributed by atoms with Crippen molar-refractivity contribution in [1.29, 1.82) is 0 Å². The maximum atomic E-state index is 10.5. The molecule has 0 aliphatic heterocycles. The van der Waals surface area contributed by atoms with Crippen LogP contribution in [0.5, 0.6) is 0 Å². The van der Waals surface area contributed by atoms with Gasteiger partial charge in [-0.25, -0.2) is 0 Å². The van der Waals surface area contributed by atoms with Gasteiger partial charge < -0.3 is 16.7 Å². The van der Waals surface area contributed by atoms with E-state index in [2.05, 4.69) is 5.16 Å². The summed E-state index contributed by atoms with van der Waals surface area (Å²) >= 11 is 0. The van der Waals surface area contributed by atoms with Gasteiger partial charge in [-0.15, -0.1) is 0 Å². The van der Waals surface area contributed by atoms with Crippen molar-refractivity contribution in [2.45, 2.75) is 6.42 Å². The molecule has 0 spiro atoms. The number of rotatable bonds is 4. The average molecular weight is 219 g/mol. The zero-order valence-corrected chi connectivity index (χ0v) is 8.63. The fraction of sp³-hybridized carbons (Fsp3) is 0.0909. The van der Waals surface area contributed by atoms with Crippen LogP contribution in [0.15, 0.2) is 35.5 Å². The molecular formula is C11H13N3O2. The van der Waals surface area contributed by atoms with Gasteiger partial charge in [-0.3, -0.25) is 4.79 Å². The number of hydrogen-bond acceptors (Lipinski definition) is 3. The summed E-state index contributed by atoms with van der Waals surface area (Å²) in [6.45, 7) is 0. The normalized spacial score (nSPS) is 11.9. The van der Waals surface area contributed by atoms with Crippen LogP contribution in [0.3, 0.4) is 0 Å². The van der Waals surface area contributed by atoms with Crippen molar-refractivity contribution in [1.82, 2.24) is 0 Å². The molecule has 0 atom stereocenters. The molecule has 1 rings (SSSR count). The molecular weight excluding hydrogens is 206 g/mol. The zero-order valence-electron chi connectivity index (χ0n) is 8.63. The van der Waals surface area contributed by atoms with Gasteiger partial charge >= 0.3 is 0 Å². The number of benzene rings is 1. The SMILES string of the molecule is NC(=O)CC=Cc1ccc(C(N)=NO)cc1. The Morgan fingerprint density at radius 3 is 2.44 bits per heavy atom. The number of nitrogens with two attached hydrogens (primary N) is 2. The molecule has 5 heteroatoms. The molecule has 1 aromatic rings. The highest BCUT2D eigenvalue weighted by atomic mass is 16.4. The topological polar surface area (TPSA) is 102 Å². The first kappa shape index (κ1) is 11.8. The van der Waals surface area contributed by atoms with Crippen molar-refractivity contribution in [2.75, 3.05) is 0 Å². The molecule has 0 bridgehead atoms. The highest BCUT2D eigenvalue weighted by Crippen LogP contribution is 2.06. The summed E-state index contributed by atoms with van der Waals surface area (Å²) in [6.07, 6.45) is 3.67. The van der Waals surface area contributed by atoms with Crippen molar-refractivity contribution in [3.8, 4) is 0 Å². The van der Waals surface area contributed by atoms with E-state index in [-0.39, 0.29) is 18.2 Å². The Kier molecular flexibility index (Phi) is 4.08. The van der Waals surface area contributed by atoms with E-state index in [9.17, 15) is 4.79 Å². The lowest BCUT2D eigenvalue weighted by Gasteiger charge is -1.98. The van der Waals surface area contributed by atoms with Crippen LogP contribution in [-0.2, 0) is 4.79 Å². The third kappa shape index (κ3) is 3.45. The second-order valence-electron chi connectivity index (χ2n) is 3.18. The Hall–Kier alpha value is -2.30. The highest BCUT2D eigenvalue weighted by molar-refractivity contribution is 5.97. The van der Waals surface area contributed by atoms with Gasteiger partial charge in [0.1, 0.15) is 0 Å². The average Bonchev–Trinajstić information content (AvgIpc) is 2.28. The van der Waals surface area contributed by atoms with E-state index in [4.69, 9.17) is 16.7 Å². The lowest BCUT2D eigenvalue weighted by Crippen LogP contribution is -2.12. The smallest absolute Gasteiger partial charge is 0.221 e. The largest absolute Gasteiger partial charge is 0.409 e. The van der Waals surface area contributed by atoms with Crippen molar-refractivity contribution in [3.63, 3.8) is 0 Å². The summed E-state index contributed by atoms with van der Waals surface area (Å²) in [5.41, 5.74) is 11.9. The number of oxime groups is 1. The Balaban J connectivity index is 2.72. The van der Waals surface area contributed by atoms with Crippen LogP contribution >= 0.6 is 0 Å². The first-order chi connectivity index (χ1) is 7.63. The summed E-state index contributed by atoms with van der Waals surface area (Å²) in [5.74, 6) is -0.308. The standard InChI is InChI=1S/C11H13N3O2/c12-10(15)3-1-2-8-4-6-9(7-5-8)11(13)14-16/h1-2,4-7,16H,3H2,(H2,12,15)(H2,13,14). The highest BCUT2D eigenvalue weighted by Gasteiger charge is 1.97. The van der Waals surface area contributed by atoms with E-state index >= 15 is 0 Å². The molecule has 0 fully saturated rings. The third-order valence-corrected chi connectivity index (χ3v) is 1.94. The maximum absolute atomic E-state index is 10.5. The minimum atomic E-state index is -0.371. The maximum Gasteiger partial charge on any atom is 0.221 e.